The first-order chi connectivity index (χ1) is 19.7. The molecule has 3 aromatic heterocycles. The summed E-state index contributed by atoms with van der Waals surface area (Å²) in [6, 6.07) is 21.9. The van der Waals surface area contributed by atoms with Crippen LogP contribution in [0.3, 0.4) is 0 Å². The molecule has 0 aliphatic carbocycles. The van der Waals surface area contributed by atoms with Gasteiger partial charge in [0, 0.05) is 67.0 Å². The molecule has 0 saturated carbocycles. The van der Waals surface area contributed by atoms with Gasteiger partial charge in [0.1, 0.15) is 25.2 Å². The van der Waals surface area contributed by atoms with Gasteiger partial charge in [0.2, 0.25) is 5.91 Å². The Morgan fingerprint density at radius 3 is 2.40 bits per heavy atom. The van der Waals surface area contributed by atoms with Crippen molar-refractivity contribution in [2.45, 2.75) is 31.2 Å². The van der Waals surface area contributed by atoms with Gasteiger partial charge in [-0.25, -0.2) is 4.98 Å². The Morgan fingerprint density at radius 1 is 0.975 bits per heavy atom. The molecule has 0 atom stereocenters. The maximum atomic E-state index is 14.0. The number of pyridine rings is 1. The van der Waals surface area contributed by atoms with Crippen molar-refractivity contribution in [3.63, 3.8) is 0 Å². The molecule has 2 aliphatic rings. The second-order valence-corrected chi connectivity index (χ2v) is 10.6. The lowest BCUT2D eigenvalue weighted by atomic mass is 9.85. The molecule has 7 rings (SSSR count). The number of aromatic nitrogens is 4. The van der Waals surface area contributed by atoms with Crippen LogP contribution in [0.4, 0.5) is 5.82 Å². The van der Waals surface area contributed by atoms with Crippen molar-refractivity contribution < 1.29 is 9.53 Å². The molecule has 198 valence electrons. The number of fused-ring (bicyclic) bond motifs is 3. The van der Waals surface area contributed by atoms with Gasteiger partial charge in [-0.3, -0.25) is 9.78 Å². The van der Waals surface area contributed by atoms with Crippen LogP contribution in [0.15, 0.2) is 85.3 Å². The van der Waals surface area contributed by atoms with E-state index in [0.29, 0.717) is 19.6 Å². The summed E-state index contributed by atoms with van der Waals surface area (Å²) in [7, 11) is 2.04. The minimum atomic E-state index is -0.357. The Bertz CT molecular complexity index is 1650. The molecule has 5 heterocycles. The van der Waals surface area contributed by atoms with Gasteiger partial charge in [-0.1, -0.05) is 42.5 Å². The lowest BCUT2D eigenvalue weighted by molar-refractivity contribution is -0.133. The third-order valence-electron chi connectivity index (χ3n) is 8.02. The minimum absolute atomic E-state index is 0.135. The average molecular weight is 528 g/mol. The first-order valence-corrected chi connectivity index (χ1v) is 13.8. The molecule has 0 spiro atoms. The van der Waals surface area contributed by atoms with E-state index in [4.69, 9.17) is 9.72 Å². The van der Waals surface area contributed by atoms with E-state index in [1.165, 1.54) is 0 Å². The second kappa shape index (κ2) is 10.1. The van der Waals surface area contributed by atoms with Gasteiger partial charge in [0.15, 0.2) is 5.65 Å². The summed E-state index contributed by atoms with van der Waals surface area (Å²) in [5.41, 5.74) is 5.90. The number of nitrogens with zero attached hydrogens (tertiary/aromatic N) is 5. The molecule has 2 aliphatic heterocycles. The summed E-state index contributed by atoms with van der Waals surface area (Å²) in [4.78, 5) is 25.3. The maximum Gasteiger partial charge on any atom is 0.234 e. The second-order valence-electron chi connectivity index (χ2n) is 10.6. The maximum absolute atomic E-state index is 14.0. The number of hydrogen-bond donors (Lipinski definition) is 1. The minimum Gasteiger partial charge on any atom is -0.457 e. The van der Waals surface area contributed by atoms with E-state index in [1.54, 1.807) is 6.20 Å². The van der Waals surface area contributed by atoms with Gasteiger partial charge in [-0.2, -0.15) is 9.61 Å². The van der Waals surface area contributed by atoms with Gasteiger partial charge < -0.3 is 15.0 Å². The smallest absolute Gasteiger partial charge is 0.234 e. The van der Waals surface area contributed by atoms with Crippen molar-refractivity contribution in [2.24, 2.45) is 0 Å². The predicted octanol–water partition coefficient (Wildman–Crippen LogP) is 3.64. The monoisotopic (exact) mass is 528 g/mol. The first kappa shape index (κ1) is 24.4. The van der Waals surface area contributed by atoms with Crippen molar-refractivity contribution in [3.8, 4) is 11.5 Å². The number of nitrogens with one attached hydrogen (secondary N) is 1. The van der Waals surface area contributed by atoms with Gasteiger partial charge in [0.05, 0.1) is 5.92 Å². The lowest BCUT2D eigenvalue weighted by Crippen LogP contribution is -2.41. The summed E-state index contributed by atoms with van der Waals surface area (Å²) in [6.07, 6.45) is 7.21. The molecule has 9 heteroatoms. The van der Waals surface area contributed by atoms with Gasteiger partial charge in [-0.15, -0.1) is 0 Å². The van der Waals surface area contributed by atoms with Crippen LogP contribution in [0, 0.1) is 0 Å². The van der Waals surface area contributed by atoms with Crippen molar-refractivity contribution >= 4 is 30.7 Å². The fourth-order valence-electron chi connectivity index (χ4n) is 5.88. The van der Waals surface area contributed by atoms with Gasteiger partial charge in [-0.05, 0) is 42.1 Å². The number of para-hydroxylation sites is 2. The summed E-state index contributed by atoms with van der Waals surface area (Å²) in [5.74, 6) is 2.46. The van der Waals surface area contributed by atoms with Crippen LogP contribution in [0.25, 0.3) is 5.65 Å². The van der Waals surface area contributed by atoms with Crippen LogP contribution >= 0.6 is 0 Å². The zero-order valence-corrected chi connectivity index (χ0v) is 22.3. The van der Waals surface area contributed by atoms with Crippen LogP contribution in [0.2, 0.25) is 0 Å². The fraction of sp³-hybridized carbons (Fsp3) is 0.226. The van der Waals surface area contributed by atoms with Crippen LogP contribution in [-0.2, 0) is 11.3 Å². The van der Waals surface area contributed by atoms with E-state index in [2.05, 4.69) is 27.5 Å². The summed E-state index contributed by atoms with van der Waals surface area (Å²) >= 11 is 0. The van der Waals surface area contributed by atoms with Crippen LogP contribution in [0.5, 0.6) is 11.5 Å². The molecule has 1 fully saturated rings. The highest BCUT2D eigenvalue weighted by molar-refractivity contribution is 6.36. The SMILES string of the molecule is Bc1cnn2c(NCc3cccnc3)cc(C3CCN(C(=O)C4c5ccccc5Oc5ccccc54)CC3)nc12. The first-order valence-electron chi connectivity index (χ1n) is 13.8. The molecule has 40 heavy (non-hydrogen) atoms. The Balaban J connectivity index is 1.11. The number of hydrogen-bond acceptors (Lipinski definition) is 6. The number of amides is 1. The molecule has 1 saturated heterocycles. The normalized spacial score (nSPS) is 15.3. The van der Waals surface area contributed by atoms with Crippen molar-refractivity contribution in [1.82, 2.24) is 24.5 Å². The van der Waals surface area contributed by atoms with Crippen molar-refractivity contribution in [1.29, 1.82) is 0 Å². The van der Waals surface area contributed by atoms with Crippen LogP contribution in [-0.4, -0.2) is 51.3 Å². The van der Waals surface area contributed by atoms with Crippen molar-refractivity contribution in [3.05, 3.63) is 108 Å². The zero-order chi connectivity index (χ0) is 27.1. The standard InChI is InChI=1S/C31H29BN6O2/c32-24-19-35-38-28(34-18-20-6-5-13-33-17-20)16-25(36-30(24)38)21-11-14-37(15-12-21)31(39)29-22-7-1-3-9-26(22)40-27-10-4-2-8-23(27)29/h1-10,13,16-17,19,21,29,34H,11-12,14-15,18,32H2. The van der Waals surface area contributed by atoms with Gasteiger partial charge >= 0.3 is 0 Å². The largest absolute Gasteiger partial charge is 0.457 e. The van der Waals surface area contributed by atoms with E-state index in [-0.39, 0.29) is 17.7 Å². The third kappa shape index (κ3) is 4.37. The molecule has 0 bridgehead atoms. The van der Waals surface area contributed by atoms with Crippen molar-refractivity contribution in [2.75, 3.05) is 18.4 Å². The van der Waals surface area contributed by atoms with Crippen LogP contribution in [0.1, 0.15) is 47.1 Å². The van der Waals surface area contributed by atoms with E-state index in [1.807, 2.05) is 84.3 Å². The molecule has 8 nitrogen and oxygen atoms in total. The summed E-state index contributed by atoms with van der Waals surface area (Å²) in [6.45, 7) is 2.02. The molecule has 5 aromatic rings. The topological polar surface area (TPSA) is 84.7 Å². The highest BCUT2D eigenvalue weighted by atomic mass is 16.5. The van der Waals surface area contributed by atoms with E-state index in [0.717, 1.165) is 63.7 Å². The number of piperidine rings is 1. The van der Waals surface area contributed by atoms with Gasteiger partial charge in [0.25, 0.3) is 0 Å². The Morgan fingerprint density at radius 2 is 1.70 bits per heavy atom. The molecule has 0 unspecified atom stereocenters. The Labute approximate surface area is 233 Å². The third-order valence-corrected chi connectivity index (χ3v) is 8.02. The molecular formula is C31H29BN6O2. The van der Waals surface area contributed by atoms with Crippen LogP contribution < -0.4 is 15.5 Å². The quantitative estimate of drug-likeness (QED) is 0.351. The molecular weight excluding hydrogens is 499 g/mol. The van der Waals surface area contributed by atoms with E-state index < -0.39 is 0 Å². The number of anilines is 1. The van der Waals surface area contributed by atoms with E-state index in [9.17, 15) is 4.79 Å². The zero-order valence-electron chi connectivity index (χ0n) is 22.3. The number of carbonyl (C=O) groups excluding carboxylic acids is 1. The summed E-state index contributed by atoms with van der Waals surface area (Å²) in [5, 5.41) is 8.08. The molecule has 1 N–H and O–H groups in total. The number of rotatable bonds is 5. The highest BCUT2D eigenvalue weighted by Gasteiger charge is 2.36. The number of carbonyl (C=O) groups is 1. The Kier molecular flexibility index (Phi) is 6.19. The lowest BCUT2D eigenvalue weighted by Gasteiger charge is -2.36. The Hall–Kier alpha value is -4.66. The number of likely N-dealkylation sites (tertiary alicyclic amines) is 1. The molecule has 0 radical (unpaired) electrons. The highest BCUT2D eigenvalue weighted by Crippen LogP contribution is 2.45. The van der Waals surface area contributed by atoms with E-state index >= 15 is 0 Å². The number of benzene rings is 2. The molecule has 2 aromatic carbocycles. The fourth-order valence-corrected chi connectivity index (χ4v) is 5.88. The summed E-state index contributed by atoms with van der Waals surface area (Å²) < 4.78 is 7.99. The average Bonchev–Trinajstić information content (AvgIpc) is 3.39. The predicted molar refractivity (Wildman–Crippen MR) is 156 cm³/mol. The molecule has 1 amide bonds. The number of ether oxygens (including phenoxy) is 1.